The Labute approximate surface area is 127 Å². The van der Waals surface area contributed by atoms with Crippen LogP contribution in [0.25, 0.3) is 0 Å². The topological polar surface area (TPSA) is 29.1 Å². The van der Waals surface area contributed by atoms with Crippen molar-refractivity contribution < 1.29 is 4.79 Å². The van der Waals surface area contributed by atoms with Gasteiger partial charge in [0, 0.05) is 11.3 Å². The van der Waals surface area contributed by atoms with Crippen LogP contribution >= 0.6 is 11.8 Å². The molecule has 2 bridgehead atoms. The SMILES string of the molecule is CC(NC(=O)CSC1CCCCC1)C1CC2CCC1C2. The van der Waals surface area contributed by atoms with E-state index in [1.165, 1.54) is 57.8 Å². The van der Waals surface area contributed by atoms with E-state index >= 15 is 0 Å². The molecule has 1 N–H and O–H groups in total. The monoisotopic (exact) mass is 295 g/mol. The molecule has 2 nitrogen and oxygen atoms in total. The summed E-state index contributed by atoms with van der Waals surface area (Å²) in [5.74, 6) is 3.59. The van der Waals surface area contributed by atoms with Crippen molar-refractivity contribution in [3.05, 3.63) is 0 Å². The molecule has 3 rings (SSSR count). The Morgan fingerprint density at radius 2 is 1.95 bits per heavy atom. The predicted octanol–water partition coefficient (Wildman–Crippen LogP) is 3.99. The summed E-state index contributed by atoms with van der Waals surface area (Å²) < 4.78 is 0. The van der Waals surface area contributed by atoms with E-state index in [2.05, 4.69) is 12.2 Å². The molecule has 0 aromatic rings. The summed E-state index contributed by atoms with van der Waals surface area (Å²) in [5, 5.41) is 4.03. The molecule has 0 aromatic carbocycles. The van der Waals surface area contributed by atoms with Crippen LogP contribution in [0.4, 0.5) is 0 Å². The first-order valence-electron chi connectivity index (χ1n) is 8.63. The molecule has 0 aromatic heterocycles. The smallest absolute Gasteiger partial charge is 0.230 e. The molecule has 1 amide bonds. The van der Waals surface area contributed by atoms with E-state index in [4.69, 9.17) is 0 Å². The molecule has 0 aliphatic heterocycles. The van der Waals surface area contributed by atoms with Gasteiger partial charge in [0.25, 0.3) is 0 Å². The van der Waals surface area contributed by atoms with Crippen LogP contribution in [0.1, 0.15) is 64.7 Å². The van der Waals surface area contributed by atoms with Crippen LogP contribution in [0.2, 0.25) is 0 Å². The third-order valence-electron chi connectivity index (χ3n) is 5.83. The summed E-state index contributed by atoms with van der Waals surface area (Å²) in [6.45, 7) is 2.23. The molecular formula is C17H29NOS. The zero-order valence-electron chi connectivity index (χ0n) is 12.8. The summed E-state index contributed by atoms with van der Waals surface area (Å²) >= 11 is 1.89. The van der Waals surface area contributed by atoms with Gasteiger partial charge in [-0.1, -0.05) is 25.7 Å². The Morgan fingerprint density at radius 3 is 2.60 bits per heavy atom. The second-order valence-corrected chi connectivity index (χ2v) is 8.55. The molecule has 3 aliphatic carbocycles. The fraction of sp³-hybridized carbons (Fsp3) is 0.941. The summed E-state index contributed by atoms with van der Waals surface area (Å²) in [6.07, 6.45) is 12.4. The maximum absolute atomic E-state index is 12.1. The van der Waals surface area contributed by atoms with E-state index in [1.54, 1.807) is 0 Å². The number of amides is 1. The number of nitrogens with one attached hydrogen (secondary N) is 1. The van der Waals surface area contributed by atoms with Crippen molar-refractivity contribution in [2.75, 3.05) is 5.75 Å². The van der Waals surface area contributed by atoms with Crippen molar-refractivity contribution in [3.8, 4) is 0 Å². The van der Waals surface area contributed by atoms with Gasteiger partial charge in [-0.05, 0) is 56.8 Å². The van der Waals surface area contributed by atoms with Gasteiger partial charge in [0.15, 0.2) is 0 Å². The number of rotatable bonds is 5. The van der Waals surface area contributed by atoms with Crippen LogP contribution in [0.5, 0.6) is 0 Å². The maximum Gasteiger partial charge on any atom is 0.230 e. The fourth-order valence-electron chi connectivity index (χ4n) is 4.73. The van der Waals surface area contributed by atoms with Crippen molar-refractivity contribution in [1.29, 1.82) is 0 Å². The zero-order valence-corrected chi connectivity index (χ0v) is 13.6. The van der Waals surface area contributed by atoms with Gasteiger partial charge in [-0.3, -0.25) is 4.79 Å². The van der Waals surface area contributed by atoms with Gasteiger partial charge in [-0.15, -0.1) is 11.8 Å². The first-order chi connectivity index (χ1) is 9.72. The minimum atomic E-state index is 0.274. The first kappa shape index (κ1) is 14.7. The highest BCUT2D eigenvalue weighted by atomic mass is 32.2. The minimum Gasteiger partial charge on any atom is -0.353 e. The van der Waals surface area contributed by atoms with Crippen molar-refractivity contribution in [1.82, 2.24) is 5.32 Å². The van der Waals surface area contributed by atoms with Gasteiger partial charge in [0.1, 0.15) is 0 Å². The molecule has 0 radical (unpaired) electrons. The van der Waals surface area contributed by atoms with E-state index in [1.807, 2.05) is 11.8 Å². The zero-order chi connectivity index (χ0) is 13.9. The Balaban J connectivity index is 1.37. The predicted molar refractivity (Wildman–Crippen MR) is 85.9 cm³/mol. The lowest BCUT2D eigenvalue weighted by Gasteiger charge is -2.29. The molecule has 3 aliphatic rings. The molecule has 114 valence electrons. The standard InChI is InChI=1S/C17H29NOS/c1-12(16-10-13-7-8-14(16)9-13)18-17(19)11-20-15-5-3-2-4-6-15/h12-16H,2-11H2,1H3,(H,18,19). The van der Waals surface area contributed by atoms with E-state index in [0.717, 1.165) is 23.0 Å². The van der Waals surface area contributed by atoms with E-state index in [-0.39, 0.29) is 5.91 Å². The summed E-state index contributed by atoms with van der Waals surface area (Å²) in [4.78, 5) is 12.1. The second-order valence-electron chi connectivity index (χ2n) is 7.27. The van der Waals surface area contributed by atoms with E-state index in [9.17, 15) is 4.79 Å². The Morgan fingerprint density at radius 1 is 1.15 bits per heavy atom. The van der Waals surface area contributed by atoms with Crippen molar-refractivity contribution >= 4 is 17.7 Å². The lowest BCUT2D eigenvalue weighted by atomic mass is 9.84. The third-order valence-corrected chi connectivity index (χ3v) is 7.20. The normalized spacial score (nSPS) is 35.1. The van der Waals surface area contributed by atoms with Gasteiger partial charge < -0.3 is 5.32 Å². The molecule has 3 heteroatoms. The van der Waals surface area contributed by atoms with E-state index in [0.29, 0.717) is 11.8 Å². The van der Waals surface area contributed by atoms with Crippen molar-refractivity contribution in [2.24, 2.45) is 17.8 Å². The Kier molecular flexibility index (Phi) is 4.95. The summed E-state index contributed by atoms with van der Waals surface area (Å²) in [6, 6.07) is 0.393. The second kappa shape index (κ2) is 6.72. The number of thioether (sulfide) groups is 1. The summed E-state index contributed by atoms with van der Waals surface area (Å²) in [5.41, 5.74) is 0. The number of hydrogen-bond donors (Lipinski definition) is 1. The Hall–Kier alpha value is -0.180. The maximum atomic E-state index is 12.1. The molecular weight excluding hydrogens is 266 g/mol. The molecule has 4 unspecified atom stereocenters. The van der Waals surface area contributed by atoms with Gasteiger partial charge >= 0.3 is 0 Å². The number of carbonyl (C=O) groups excluding carboxylic acids is 1. The number of carbonyl (C=O) groups is 1. The van der Waals surface area contributed by atoms with Crippen LogP contribution in [-0.2, 0) is 4.79 Å². The quantitative estimate of drug-likeness (QED) is 0.831. The Bertz CT molecular complexity index is 340. The van der Waals surface area contributed by atoms with Gasteiger partial charge in [-0.2, -0.15) is 0 Å². The van der Waals surface area contributed by atoms with Crippen LogP contribution < -0.4 is 5.32 Å². The van der Waals surface area contributed by atoms with Crippen molar-refractivity contribution in [2.45, 2.75) is 76.0 Å². The van der Waals surface area contributed by atoms with E-state index < -0.39 is 0 Å². The molecule has 4 atom stereocenters. The average molecular weight is 295 g/mol. The lowest BCUT2D eigenvalue weighted by Crippen LogP contribution is -2.41. The largest absolute Gasteiger partial charge is 0.353 e. The van der Waals surface area contributed by atoms with Crippen LogP contribution in [0, 0.1) is 17.8 Å². The molecule has 0 heterocycles. The summed E-state index contributed by atoms with van der Waals surface area (Å²) in [7, 11) is 0. The number of fused-ring (bicyclic) bond motifs is 2. The highest BCUT2D eigenvalue weighted by molar-refractivity contribution is 8.00. The fourth-order valence-corrected chi connectivity index (χ4v) is 5.87. The molecule has 20 heavy (non-hydrogen) atoms. The molecule has 0 saturated heterocycles. The molecule has 3 fully saturated rings. The third kappa shape index (κ3) is 3.52. The van der Waals surface area contributed by atoms with Crippen LogP contribution in [-0.4, -0.2) is 23.0 Å². The highest BCUT2D eigenvalue weighted by Gasteiger charge is 2.42. The van der Waals surface area contributed by atoms with Gasteiger partial charge in [0.2, 0.25) is 5.91 Å². The lowest BCUT2D eigenvalue weighted by molar-refractivity contribution is -0.119. The molecule has 3 saturated carbocycles. The first-order valence-corrected chi connectivity index (χ1v) is 9.68. The highest BCUT2D eigenvalue weighted by Crippen LogP contribution is 2.49. The van der Waals surface area contributed by atoms with Gasteiger partial charge in [-0.25, -0.2) is 0 Å². The molecule has 0 spiro atoms. The van der Waals surface area contributed by atoms with Crippen LogP contribution in [0.3, 0.4) is 0 Å². The van der Waals surface area contributed by atoms with Gasteiger partial charge in [0.05, 0.1) is 5.75 Å². The minimum absolute atomic E-state index is 0.274. The van der Waals surface area contributed by atoms with Crippen molar-refractivity contribution in [3.63, 3.8) is 0 Å². The van der Waals surface area contributed by atoms with Crippen LogP contribution in [0.15, 0.2) is 0 Å². The number of hydrogen-bond acceptors (Lipinski definition) is 2. The average Bonchev–Trinajstić information content (AvgIpc) is 3.09.